The van der Waals surface area contributed by atoms with Gasteiger partial charge in [0.25, 0.3) is 16.0 Å². The minimum absolute atomic E-state index is 0.0861. The number of aliphatic hydroxyl groups is 1. The van der Waals surface area contributed by atoms with Crippen LogP contribution in [0.2, 0.25) is 0 Å². The van der Waals surface area contributed by atoms with Gasteiger partial charge in [0.05, 0.1) is 35.1 Å². The molecule has 44 heavy (non-hydrogen) atoms. The number of aliphatic hydroxyl groups excluding tert-OH is 1. The third kappa shape index (κ3) is 6.78. The van der Waals surface area contributed by atoms with E-state index in [4.69, 9.17) is 5.73 Å². The Kier molecular flexibility index (Phi) is 8.80. The van der Waals surface area contributed by atoms with Crippen LogP contribution in [-0.2, 0) is 23.1 Å². The van der Waals surface area contributed by atoms with E-state index < -0.39 is 33.4 Å². The highest BCUT2D eigenvalue weighted by Crippen LogP contribution is 2.43. The number of benzene rings is 3. The maximum atomic E-state index is 12.3. The number of rotatable bonds is 11. The average molecular weight is 620 g/mol. The Bertz CT molecular complexity index is 1770. The molecule has 1 unspecified atom stereocenters. The lowest BCUT2D eigenvalue weighted by atomic mass is 9.95. The number of hydrogen-bond acceptors (Lipinski definition) is 8. The number of para-hydroxylation sites is 1. The van der Waals surface area contributed by atoms with E-state index in [0.29, 0.717) is 43.6 Å². The highest BCUT2D eigenvalue weighted by atomic mass is 32.2. The van der Waals surface area contributed by atoms with Crippen LogP contribution < -0.4 is 16.0 Å². The Hall–Kier alpha value is -4.23. The molecule has 1 atom stereocenters. The summed E-state index contributed by atoms with van der Waals surface area (Å²) in [6.45, 7) is 5.14. The lowest BCUT2D eigenvalue weighted by Crippen LogP contribution is -2.42. The molecule has 3 aromatic carbocycles. The van der Waals surface area contributed by atoms with Crippen molar-refractivity contribution in [1.29, 1.82) is 0 Å². The molecule has 0 bridgehead atoms. The van der Waals surface area contributed by atoms with E-state index in [2.05, 4.69) is 10.3 Å². The molecule has 2 heterocycles. The van der Waals surface area contributed by atoms with Crippen LogP contribution in [0.25, 0.3) is 11.3 Å². The number of phenols is 1. The number of aromatic hydroxyl groups is 1. The van der Waals surface area contributed by atoms with Crippen LogP contribution in [-0.4, -0.2) is 57.3 Å². The molecule has 12 heteroatoms. The van der Waals surface area contributed by atoms with Gasteiger partial charge in [-0.15, -0.1) is 0 Å². The van der Waals surface area contributed by atoms with Crippen LogP contribution in [0, 0.1) is 0 Å². The van der Waals surface area contributed by atoms with Crippen molar-refractivity contribution in [3.05, 3.63) is 89.9 Å². The number of β-amino-alcohol motifs (C(OH)–C–C–N with tert-alkyl or cyclic N) is 1. The summed E-state index contributed by atoms with van der Waals surface area (Å²) in [4.78, 5) is 18.0. The maximum absolute atomic E-state index is 12.3. The van der Waals surface area contributed by atoms with E-state index in [1.165, 1.54) is 18.2 Å². The van der Waals surface area contributed by atoms with Crippen molar-refractivity contribution in [3.8, 4) is 17.0 Å². The molecule has 0 aliphatic carbocycles. The summed E-state index contributed by atoms with van der Waals surface area (Å²) in [5.74, 6) is -1.27. The fourth-order valence-electron chi connectivity index (χ4n) is 5.58. The van der Waals surface area contributed by atoms with E-state index in [1.807, 2.05) is 54.9 Å². The van der Waals surface area contributed by atoms with Gasteiger partial charge in [0, 0.05) is 48.6 Å². The van der Waals surface area contributed by atoms with E-state index in [0.717, 1.165) is 11.3 Å². The smallest absolute Gasteiger partial charge is 0.296 e. The molecule has 0 fully saturated rings. The van der Waals surface area contributed by atoms with E-state index in [-0.39, 0.29) is 28.3 Å². The Labute approximate surface area is 256 Å². The largest absolute Gasteiger partial charge is 0.507 e. The number of hydrogen-bond donors (Lipinski definition) is 5. The van der Waals surface area contributed by atoms with Gasteiger partial charge in [-0.2, -0.15) is 8.42 Å². The fourth-order valence-corrected chi connectivity index (χ4v) is 6.31. The van der Waals surface area contributed by atoms with Crippen LogP contribution in [0.1, 0.15) is 54.3 Å². The second-order valence-corrected chi connectivity index (χ2v) is 13.1. The van der Waals surface area contributed by atoms with Gasteiger partial charge in [0.1, 0.15) is 10.6 Å². The van der Waals surface area contributed by atoms with Crippen molar-refractivity contribution < 1.29 is 28.0 Å². The van der Waals surface area contributed by atoms with Crippen LogP contribution in [0.15, 0.2) is 78.1 Å². The first-order valence-electron chi connectivity index (χ1n) is 14.4. The first-order valence-corrected chi connectivity index (χ1v) is 15.8. The van der Waals surface area contributed by atoms with Gasteiger partial charge in [-0.1, -0.05) is 42.5 Å². The molecule has 11 nitrogen and oxygen atoms in total. The summed E-state index contributed by atoms with van der Waals surface area (Å²) in [6, 6.07) is 17.2. The maximum Gasteiger partial charge on any atom is 0.296 e. The minimum atomic E-state index is -4.58. The SMILES string of the molecule is CC(C)(CCn1cnc(-c2ccccc2)c1)NCC(O)c1cc(C(N)=O)c(O)cc1N1CCCc2cccc(S(=O)(=O)O)c21. The molecule has 0 saturated heterocycles. The normalized spacial score (nSPS) is 14.3. The molecule has 0 saturated carbocycles. The third-order valence-corrected chi connectivity index (χ3v) is 8.88. The van der Waals surface area contributed by atoms with E-state index >= 15 is 0 Å². The summed E-state index contributed by atoms with van der Waals surface area (Å²) in [6.07, 6.45) is 4.56. The molecule has 232 valence electrons. The molecule has 1 aliphatic heterocycles. The number of aryl methyl sites for hydroxylation is 2. The first-order chi connectivity index (χ1) is 20.8. The summed E-state index contributed by atoms with van der Waals surface area (Å²) in [5.41, 5.74) is 8.39. The molecular weight excluding hydrogens is 582 g/mol. The molecule has 1 aromatic heterocycles. The molecule has 6 N–H and O–H groups in total. The predicted octanol–water partition coefficient (Wildman–Crippen LogP) is 4.18. The highest BCUT2D eigenvalue weighted by molar-refractivity contribution is 7.86. The van der Waals surface area contributed by atoms with Crippen LogP contribution in [0.3, 0.4) is 0 Å². The number of amides is 1. The number of aromatic nitrogens is 2. The quantitative estimate of drug-likeness (QED) is 0.155. The van der Waals surface area contributed by atoms with Gasteiger partial charge in [-0.25, -0.2) is 4.98 Å². The van der Waals surface area contributed by atoms with Gasteiger partial charge in [-0.05, 0) is 50.8 Å². The zero-order valence-electron chi connectivity index (χ0n) is 24.6. The number of carbonyl (C=O) groups is 1. The number of nitrogens with zero attached hydrogens (tertiary/aromatic N) is 3. The zero-order chi connectivity index (χ0) is 31.6. The van der Waals surface area contributed by atoms with Gasteiger partial charge in [-0.3, -0.25) is 9.35 Å². The monoisotopic (exact) mass is 619 g/mol. The van der Waals surface area contributed by atoms with Crippen LogP contribution in [0.5, 0.6) is 5.75 Å². The van der Waals surface area contributed by atoms with Gasteiger partial charge >= 0.3 is 0 Å². The Morgan fingerprint density at radius 1 is 1.14 bits per heavy atom. The summed E-state index contributed by atoms with van der Waals surface area (Å²) in [5, 5.41) is 25.6. The van der Waals surface area contributed by atoms with Gasteiger partial charge in [0.2, 0.25) is 0 Å². The molecule has 5 rings (SSSR count). The molecule has 0 radical (unpaired) electrons. The molecule has 1 aliphatic rings. The topological polar surface area (TPSA) is 171 Å². The van der Waals surface area contributed by atoms with Crippen molar-refractivity contribution >= 4 is 27.4 Å². The Morgan fingerprint density at radius 2 is 1.89 bits per heavy atom. The molecule has 4 aromatic rings. The number of fused-ring (bicyclic) bond motifs is 1. The predicted molar refractivity (Wildman–Crippen MR) is 168 cm³/mol. The van der Waals surface area contributed by atoms with Crippen molar-refractivity contribution in [2.24, 2.45) is 5.73 Å². The lowest BCUT2D eigenvalue weighted by molar-refractivity contribution is 0.0997. The molecule has 1 amide bonds. The first kappa shape index (κ1) is 31.2. The summed E-state index contributed by atoms with van der Waals surface area (Å²) in [7, 11) is -4.58. The number of carbonyl (C=O) groups excluding carboxylic acids is 1. The van der Waals surface area contributed by atoms with Crippen LogP contribution >= 0.6 is 0 Å². The Balaban J connectivity index is 1.38. The van der Waals surface area contributed by atoms with Crippen molar-refractivity contribution in [3.63, 3.8) is 0 Å². The van der Waals surface area contributed by atoms with Crippen molar-refractivity contribution in [2.75, 3.05) is 18.0 Å². The summed E-state index contributed by atoms with van der Waals surface area (Å²) < 4.78 is 36.6. The molecular formula is C32H37N5O6S. The second-order valence-electron chi connectivity index (χ2n) is 11.7. The number of anilines is 2. The zero-order valence-corrected chi connectivity index (χ0v) is 25.5. The number of nitrogens with one attached hydrogen (secondary N) is 1. The average Bonchev–Trinajstić information content (AvgIpc) is 3.47. The van der Waals surface area contributed by atoms with E-state index in [9.17, 15) is 28.0 Å². The fraction of sp³-hybridized carbons (Fsp3) is 0.312. The van der Waals surface area contributed by atoms with Crippen molar-refractivity contribution in [1.82, 2.24) is 14.9 Å². The van der Waals surface area contributed by atoms with Crippen molar-refractivity contribution in [2.45, 2.75) is 56.2 Å². The van der Waals surface area contributed by atoms with Gasteiger partial charge in [0.15, 0.2) is 0 Å². The highest BCUT2D eigenvalue weighted by Gasteiger charge is 2.31. The van der Waals surface area contributed by atoms with E-state index in [1.54, 1.807) is 23.4 Å². The number of nitrogens with two attached hydrogens (primary N) is 1. The summed E-state index contributed by atoms with van der Waals surface area (Å²) >= 11 is 0. The molecule has 0 spiro atoms. The van der Waals surface area contributed by atoms with Crippen LogP contribution in [0.4, 0.5) is 11.4 Å². The number of imidazole rings is 1. The third-order valence-electron chi connectivity index (χ3n) is 7.99. The minimum Gasteiger partial charge on any atom is -0.507 e. The second kappa shape index (κ2) is 12.4. The standard InChI is InChI=1S/C32H37N5O6S/c1-32(2,13-15-36-19-25(34-20-36)21-8-4-3-5-9-21)35-18-28(39)23-16-24(31(33)40)27(38)17-26(23)37-14-7-11-22-10-6-12-29(30(22)37)44(41,42)43/h3-6,8-10,12,16-17,19-20,28,35,38-39H,7,11,13-15,18H2,1-2H3,(H2,33,40)(H,41,42,43). The Morgan fingerprint density at radius 3 is 2.59 bits per heavy atom. The van der Waals surface area contributed by atoms with Gasteiger partial charge < -0.3 is 30.7 Å². The lowest BCUT2D eigenvalue weighted by Gasteiger charge is -2.35. The number of primary amides is 1.